The van der Waals surface area contributed by atoms with Crippen molar-refractivity contribution in [3.8, 4) is 11.3 Å². The number of aromatic nitrogens is 1. The topological polar surface area (TPSA) is 50.2 Å². The highest BCUT2D eigenvalue weighted by Gasteiger charge is 2.15. The molecule has 2 aromatic rings. The van der Waals surface area contributed by atoms with E-state index in [0.29, 0.717) is 26.3 Å². The molecule has 0 radical (unpaired) electrons. The summed E-state index contributed by atoms with van der Waals surface area (Å²) in [5, 5.41) is 9.76. The van der Waals surface area contributed by atoms with E-state index in [1.165, 1.54) is 24.3 Å². The van der Waals surface area contributed by atoms with Gasteiger partial charge >= 0.3 is 5.97 Å². The van der Waals surface area contributed by atoms with Crippen LogP contribution in [0.25, 0.3) is 11.3 Å². The first kappa shape index (κ1) is 14.4. The minimum atomic E-state index is -1.16. The van der Waals surface area contributed by atoms with Crippen LogP contribution in [-0.4, -0.2) is 16.1 Å². The van der Waals surface area contributed by atoms with Gasteiger partial charge in [-0.3, -0.25) is 0 Å². The van der Waals surface area contributed by atoms with E-state index in [-0.39, 0.29) is 10.7 Å². The largest absolute Gasteiger partial charge is 0.478 e. The van der Waals surface area contributed by atoms with E-state index < -0.39 is 5.97 Å². The van der Waals surface area contributed by atoms with Crippen molar-refractivity contribution < 1.29 is 9.90 Å². The van der Waals surface area contributed by atoms with Crippen molar-refractivity contribution in [3.05, 3.63) is 50.0 Å². The van der Waals surface area contributed by atoms with Crippen LogP contribution >= 0.6 is 46.4 Å². The van der Waals surface area contributed by atoms with Gasteiger partial charge in [0.25, 0.3) is 0 Å². The second-order valence-corrected chi connectivity index (χ2v) is 5.19. The van der Waals surface area contributed by atoms with Gasteiger partial charge in [-0.15, -0.1) is 0 Å². The Hall–Kier alpha value is -1.000. The average molecular weight is 337 g/mol. The predicted molar refractivity (Wildman–Crippen MR) is 76.7 cm³/mol. The van der Waals surface area contributed by atoms with E-state index in [2.05, 4.69) is 4.98 Å². The molecule has 0 saturated heterocycles. The van der Waals surface area contributed by atoms with Gasteiger partial charge in [-0.05, 0) is 24.3 Å². The number of carbonyl (C=O) groups is 1. The van der Waals surface area contributed by atoms with Crippen molar-refractivity contribution in [2.24, 2.45) is 0 Å². The number of pyridine rings is 1. The van der Waals surface area contributed by atoms with E-state index in [9.17, 15) is 4.79 Å². The van der Waals surface area contributed by atoms with Crippen LogP contribution in [0, 0.1) is 0 Å². The van der Waals surface area contributed by atoms with Crippen LogP contribution in [0.3, 0.4) is 0 Å². The molecule has 0 fully saturated rings. The molecular formula is C12H5Cl4NO2. The van der Waals surface area contributed by atoms with Gasteiger partial charge in [0, 0.05) is 10.6 Å². The molecule has 7 heteroatoms. The number of hydrogen-bond acceptors (Lipinski definition) is 2. The number of halogens is 4. The maximum Gasteiger partial charge on any atom is 0.338 e. The Morgan fingerprint density at radius 2 is 1.63 bits per heavy atom. The van der Waals surface area contributed by atoms with E-state index in [0.717, 1.165) is 0 Å². The van der Waals surface area contributed by atoms with Gasteiger partial charge in [0.2, 0.25) is 0 Å². The predicted octanol–water partition coefficient (Wildman–Crippen LogP) is 5.06. The number of carboxylic acid groups (broad SMARTS) is 1. The molecule has 0 bridgehead atoms. The fourth-order valence-corrected chi connectivity index (χ4v) is 2.77. The highest BCUT2D eigenvalue weighted by Crippen LogP contribution is 2.37. The summed E-state index contributed by atoms with van der Waals surface area (Å²) in [7, 11) is 0. The Labute approximate surface area is 128 Å². The van der Waals surface area contributed by atoms with Gasteiger partial charge in [-0.2, -0.15) is 0 Å². The highest BCUT2D eigenvalue weighted by molar-refractivity contribution is 6.41. The molecule has 1 aromatic heterocycles. The molecule has 0 spiro atoms. The Balaban J connectivity index is 2.61. The van der Waals surface area contributed by atoms with Crippen LogP contribution in [0.5, 0.6) is 0 Å². The lowest BCUT2D eigenvalue weighted by atomic mass is 10.1. The molecule has 0 amide bonds. The second kappa shape index (κ2) is 5.55. The van der Waals surface area contributed by atoms with Crippen molar-refractivity contribution in [2.45, 2.75) is 0 Å². The van der Waals surface area contributed by atoms with Gasteiger partial charge in [-0.25, -0.2) is 9.78 Å². The molecule has 1 N–H and O–H groups in total. The molecule has 2 rings (SSSR count). The van der Waals surface area contributed by atoms with E-state index >= 15 is 0 Å². The first-order valence-electron chi connectivity index (χ1n) is 4.95. The van der Waals surface area contributed by atoms with Crippen LogP contribution in [0.2, 0.25) is 20.2 Å². The molecule has 1 aromatic carbocycles. The van der Waals surface area contributed by atoms with E-state index in [1.807, 2.05) is 0 Å². The summed E-state index contributed by atoms with van der Waals surface area (Å²) in [5.41, 5.74) is 0.736. The second-order valence-electron chi connectivity index (χ2n) is 3.58. The van der Waals surface area contributed by atoms with Crippen molar-refractivity contribution in [3.63, 3.8) is 0 Å². The summed E-state index contributed by atoms with van der Waals surface area (Å²) in [6.07, 6.45) is 0. The van der Waals surface area contributed by atoms with Crippen LogP contribution < -0.4 is 0 Å². The number of aromatic carboxylic acids is 1. The number of benzene rings is 1. The Morgan fingerprint density at radius 3 is 2.11 bits per heavy atom. The van der Waals surface area contributed by atoms with Gasteiger partial charge in [0.05, 0.1) is 21.3 Å². The van der Waals surface area contributed by atoms with Crippen LogP contribution in [-0.2, 0) is 0 Å². The quantitative estimate of drug-likeness (QED) is 0.780. The van der Waals surface area contributed by atoms with Crippen molar-refractivity contribution >= 4 is 52.4 Å². The summed E-state index contributed by atoms with van der Waals surface area (Å²) in [6.45, 7) is 0. The van der Waals surface area contributed by atoms with Crippen LogP contribution in [0.4, 0.5) is 0 Å². The third kappa shape index (κ3) is 2.95. The van der Waals surface area contributed by atoms with Crippen LogP contribution in [0.15, 0.2) is 24.3 Å². The maximum absolute atomic E-state index is 10.9. The minimum Gasteiger partial charge on any atom is -0.478 e. The summed E-state index contributed by atoms with van der Waals surface area (Å²) in [6, 6.07) is 5.86. The average Bonchev–Trinajstić information content (AvgIpc) is 2.26. The van der Waals surface area contributed by atoms with Crippen LogP contribution in [0.1, 0.15) is 10.4 Å². The molecule has 19 heavy (non-hydrogen) atoms. The number of rotatable bonds is 2. The highest BCUT2D eigenvalue weighted by atomic mass is 35.5. The molecule has 98 valence electrons. The molecule has 0 atom stereocenters. The fraction of sp³-hybridized carbons (Fsp3) is 0. The number of hydrogen-bond donors (Lipinski definition) is 1. The van der Waals surface area contributed by atoms with Gasteiger partial charge in [-0.1, -0.05) is 46.4 Å². The number of carboxylic acids is 1. The zero-order valence-electron chi connectivity index (χ0n) is 9.12. The lowest BCUT2D eigenvalue weighted by Gasteiger charge is -2.08. The SMILES string of the molecule is O=C(O)c1ccc(-c2c(Cl)cc(Cl)cc2Cl)nc1Cl. The molecule has 0 aliphatic carbocycles. The molecule has 0 unspecified atom stereocenters. The van der Waals surface area contributed by atoms with E-state index in [4.69, 9.17) is 51.5 Å². The summed E-state index contributed by atoms with van der Waals surface area (Å²) < 4.78 is 0. The Bertz CT molecular complexity index is 650. The first-order valence-corrected chi connectivity index (χ1v) is 6.46. The normalized spacial score (nSPS) is 10.5. The zero-order chi connectivity index (χ0) is 14.2. The lowest BCUT2D eigenvalue weighted by molar-refractivity contribution is 0.0696. The minimum absolute atomic E-state index is 0.0911. The Kier molecular flexibility index (Phi) is 4.21. The van der Waals surface area contributed by atoms with Gasteiger partial charge in [0.1, 0.15) is 5.15 Å². The molecule has 0 aliphatic rings. The molecular weight excluding hydrogens is 332 g/mol. The zero-order valence-corrected chi connectivity index (χ0v) is 12.1. The molecule has 0 saturated carbocycles. The summed E-state index contributed by atoms with van der Waals surface area (Å²) in [4.78, 5) is 14.8. The smallest absolute Gasteiger partial charge is 0.338 e. The summed E-state index contributed by atoms with van der Waals surface area (Å²) in [5.74, 6) is -1.16. The molecule has 1 heterocycles. The maximum atomic E-state index is 10.9. The molecule has 0 aliphatic heterocycles. The first-order chi connectivity index (χ1) is 8.90. The Morgan fingerprint density at radius 1 is 1.05 bits per heavy atom. The van der Waals surface area contributed by atoms with Crippen molar-refractivity contribution in [1.82, 2.24) is 4.98 Å². The number of nitrogens with zero attached hydrogens (tertiary/aromatic N) is 1. The van der Waals surface area contributed by atoms with Gasteiger partial charge < -0.3 is 5.11 Å². The van der Waals surface area contributed by atoms with Crippen molar-refractivity contribution in [2.75, 3.05) is 0 Å². The summed E-state index contributed by atoms with van der Waals surface area (Å²) >= 11 is 23.7. The standard InChI is InChI=1S/C12H5Cl4NO2/c13-5-3-7(14)10(8(15)4-5)9-2-1-6(12(18)19)11(16)17-9/h1-4H,(H,18,19). The van der Waals surface area contributed by atoms with E-state index in [1.54, 1.807) is 0 Å². The third-order valence-electron chi connectivity index (χ3n) is 2.34. The third-order valence-corrected chi connectivity index (χ3v) is 3.44. The van der Waals surface area contributed by atoms with Crippen molar-refractivity contribution in [1.29, 1.82) is 0 Å². The lowest BCUT2D eigenvalue weighted by Crippen LogP contribution is -1.99. The van der Waals surface area contributed by atoms with Gasteiger partial charge in [0.15, 0.2) is 0 Å². The molecule has 3 nitrogen and oxygen atoms in total. The fourth-order valence-electron chi connectivity index (χ4n) is 1.52. The monoisotopic (exact) mass is 335 g/mol.